The number of carbonyl (C=O) groups excluding carboxylic acids is 1. The number of amides is 1. The molecule has 15 heavy (non-hydrogen) atoms. The molecule has 2 atom stereocenters. The third-order valence-corrected chi connectivity index (χ3v) is 3.50. The molecule has 1 spiro atoms. The van der Waals surface area contributed by atoms with Crippen LogP contribution in [0.1, 0.15) is 12.0 Å². The highest BCUT2D eigenvalue weighted by molar-refractivity contribution is 6.10. The van der Waals surface area contributed by atoms with Crippen molar-refractivity contribution in [2.75, 3.05) is 11.9 Å². The van der Waals surface area contributed by atoms with Crippen LogP contribution < -0.4 is 10.6 Å². The standard InChI is InChI=1S/C11H11FN2O/c1-14-8-4-6(12)2-3-7(8)11(10(14)15)5-9(11)13/h2-4,9H,5,13H2,1H3. The van der Waals surface area contributed by atoms with Crippen LogP contribution in [-0.2, 0) is 10.2 Å². The Kier molecular flexibility index (Phi) is 1.41. The summed E-state index contributed by atoms with van der Waals surface area (Å²) in [5.41, 5.74) is 6.82. The molecule has 3 rings (SSSR count). The molecule has 2 N–H and O–H groups in total. The Hall–Kier alpha value is -1.42. The smallest absolute Gasteiger partial charge is 0.239 e. The van der Waals surface area contributed by atoms with Crippen LogP contribution in [0, 0.1) is 5.82 Å². The maximum atomic E-state index is 13.1. The molecule has 0 radical (unpaired) electrons. The van der Waals surface area contributed by atoms with Crippen LogP contribution in [0.2, 0.25) is 0 Å². The Balaban J connectivity index is 2.24. The van der Waals surface area contributed by atoms with Gasteiger partial charge in [-0.3, -0.25) is 4.79 Å². The summed E-state index contributed by atoms with van der Waals surface area (Å²) in [5, 5.41) is 0. The molecule has 0 saturated heterocycles. The zero-order valence-corrected chi connectivity index (χ0v) is 8.33. The van der Waals surface area contributed by atoms with Crippen LogP contribution >= 0.6 is 0 Å². The second-order valence-electron chi connectivity index (χ2n) is 4.31. The van der Waals surface area contributed by atoms with Gasteiger partial charge < -0.3 is 10.6 Å². The van der Waals surface area contributed by atoms with Crippen molar-refractivity contribution in [2.45, 2.75) is 17.9 Å². The minimum Gasteiger partial charge on any atom is -0.326 e. The van der Waals surface area contributed by atoms with Gasteiger partial charge in [0, 0.05) is 13.1 Å². The number of fused-ring (bicyclic) bond motifs is 2. The molecule has 1 heterocycles. The van der Waals surface area contributed by atoms with Crippen molar-refractivity contribution in [3.63, 3.8) is 0 Å². The predicted octanol–water partition coefficient (Wildman–Crippen LogP) is 0.771. The van der Waals surface area contributed by atoms with Crippen LogP contribution in [0.4, 0.5) is 10.1 Å². The van der Waals surface area contributed by atoms with Gasteiger partial charge in [-0.2, -0.15) is 0 Å². The first-order chi connectivity index (χ1) is 7.07. The molecule has 1 aromatic carbocycles. The van der Waals surface area contributed by atoms with E-state index in [4.69, 9.17) is 5.73 Å². The van der Waals surface area contributed by atoms with Crippen LogP contribution in [0.3, 0.4) is 0 Å². The minimum atomic E-state index is -0.544. The van der Waals surface area contributed by atoms with E-state index in [-0.39, 0.29) is 17.8 Å². The Morgan fingerprint density at radius 2 is 2.27 bits per heavy atom. The van der Waals surface area contributed by atoms with Crippen LogP contribution in [0.15, 0.2) is 18.2 Å². The number of nitrogens with zero attached hydrogens (tertiary/aromatic N) is 1. The van der Waals surface area contributed by atoms with Gasteiger partial charge in [0.05, 0.1) is 11.1 Å². The lowest BCUT2D eigenvalue weighted by Gasteiger charge is -2.09. The Labute approximate surface area is 86.7 Å². The van der Waals surface area contributed by atoms with Crippen molar-refractivity contribution in [1.29, 1.82) is 0 Å². The van der Waals surface area contributed by atoms with Gasteiger partial charge in [0.2, 0.25) is 5.91 Å². The van der Waals surface area contributed by atoms with Gasteiger partial charge in [-0.25, -0.2) is 4.39 Å². The van der Waals surface area contributed by atoms with E-state index in [0.29, 0.717) is 12.1 Å². The van der Waals surface area contributed by atoms with Crippen molar-refractivity contribution in [1.82, 2.24) is 0 Å². The highest BCUT2D eigenvalue weighted by Gasteiger charge is 2.64. The maximum Gasteiger partial charge on any atom is 0.239 e. The first-order valence-corrected chi connectivity index (χ1v) is 4.91. The fourth-order valence-corrected chi connectivity index (χ4v) is 2.53. The van der Waals surface area contributed by atoms with Gasteiger partial charge in [0.15, 0.2) is 0 Å². The quantitative estimate of drug-likeness (QED) is 0.681. The van der Waals surface area contributed by atoms with Gasteiger partial charge in [0.25, 0.3) is 0 Å². The second kappa shape index (κ2) is 2.39. The molecule has 4 heteroatoms. The van der Waals surface area contributed by atoms with E-state index in [1.165, 1.54) is 17.0 Å². The summed E-state index contributed by atoms with van der Waals surface area (Å²) in [7, 11) is 1.67. The lowest BCUT2D eigenvalue weighted by Crippen LogP contribution is -2.32. The van der Waals surface area contributed by atoms with Crippen molar-refractivity contribution in [3.05, 3.63) is 29.6 Å². The topological polar surface area (TPSA) is 46.3 Å². The van der Waals surface area contributed by atoms with Crippen LogP contribution in [0.25, 0.3) is 0 Å². The second-order valence-corrected chi connectivity index (χ2v) is 4.31. The summed E-state index contributed by atoms with van der Waals surface area (Å²) in [6.45, 7) is 0. The number of halogens is 1. The number of benzene rings is 1. The number of carbonyl (C=O) groups is 1. The van der Waals surface area contributed by atoms with Gasteiger partial charge in [-0.05, 0) is 24.1 Å². The predicted molar refractivity (Wildman–Crippen MR) is 54.1 cm³/mol. The highest BCUT2D eigenvalue weighted by atomic mass is 19.1. The first kappa shape index (κ1) is 8.85. The largest absolute Gasteiger partial charge is 0.326 e. The molecule has 1 fully saturated rings. The molecular weight excluding hydrogens is 195 g/mol. The third kappa shape index (κ3) is 0.855. The van der Waals surface area contributed by atoms with E-state index in [0.717, 1.165) is 5.56 Å². The lowest BCUT2D eigenvalue weighted by molar-refractivity contribution is -0.120. The molecule has 2 aliphatic rings. The summed E-state index contributed by atoms with van der Waals surface area (Å²) in [6.07, 6.45) is 0.675. The first-order valence-electron chi connectivity index (χ1n) is 4.91. The summed E-state index contributed by atoms with van der Waals surface area (Å²) in [5.74, 6) is -0.324. The number of hydrogen-bond donors (Lipinski definition) is 1. The van der Waals surface area contributed by atoms with Gasteiger partial charge >= 0.3 is 0 Å². The SMILES string of the molecule is CN1C(=O)C2(CC2N)c2ccc(F)cc21. The molecule has 0 aromatic heterocycles. The molecule has 1 amide bonds. The monoisotopic (exact) mass is 206 g/mol. The molecule has 0 bridgehead atoms. The molecule has 1 saturated carbocycles. The average Bonchev–Trinajstić information content (AvgIpc) is 2.84. The fraction of sp³-hybridized carbons (Fsp3) is 0.364. The Morgan fingerprint density at radius 1 is 1.60 bits per heavy atom. The van der Waals surface area contributed by atoms with Crippen molar-refractivity contribution in [3.8, 4) is 0 Å². The van der Waals surface area contributed by atoms with Crippen molar-refractivity contribution in [2.24, 2.45) is 5.73 Å². The molecule has 1 aliphatic carbocycles. The third-order valence-electron chi connectivity index (χ3n) is 3.50. The minimum absolute atomic E-state index is 0.00407. The molecular formula is C11H11FN2O. The number of likely N-dealkylation sites (N-methyl/N-ethyl adjacent to an activating group) is 1. The van der Waals surface area contributed by atoms with Crippen LogP contribution in [-0.4, -0.2) is 19.0 Å². The zero-order chi connectivity index (χ0) is 10.8. The highest BCUT2D eigenvalue weighted by Crippen LogP contribution is 2.55. The van der Waals surface area contributed by atoms with E-state index in [2.05, 4.69) is 0 Å². The van der Waals surface area contributed by atoms with Crippen LogP contribution in [0.5, 0.6) is 0 Å². The Bertz CT molecular complexity index is 474. The Morgan fingerprint density at radius 3 is 2.87 bits per heavy atom. The zero-order valence-electron chi connectivity index (χ0n) is 8.33. The molecule has 3 nitrogen and oxygen atoms in total. The van der Waals surface area contributed by atoms with Gasteiger partial charge in [-0.15, -0.1) is 0 Å². The van der Waals surface area contributed by atoms with E-state index >= 15 is 0 Å². The summed E-state index contributed by atoms with van der Waals surface area (Å²) in [4.78, 5) is 13.5. The van der Waals surface area contributed by atoms with E-state index in [1.807, 2.05) is 0 Å². The van der Waals surface area contributed by atoms with E-state index in [9.17, 15) is 9.18 Å². The molecule has 78 valence electrons. The van der Waals surface area contributed by atoms with Gasteiger partial charge in [0.1, 0.15) is 5.82 Å². The molecule has 2 unspecified atom stereocenters. The number of nitrogens with two attached hydrogens (primary N) is 1. The maximum absolute atomic E-state index is 13.1. The number of hydrogen-bond acceptors (Lipinski definition) is 2. The summed E-state index contributed by atoms with van der Waals surface area (Å²) in [6, 6.07) is 4.35. The lowest BCUT2D eigenvalue weighted by atomic mass is 9.97. The number of rotatable bonds is 0. The fourth-order valence-electron chi connectivity index (χ4n) is 2.53. The molecule has 1 aliphatic heterocycles. The normalized spacial score (nSPS) is 32.3. The van der Waals surface area contributed by atoms with Gasteiger partial charge in [-0.1, -0.05) is 6.07 Å². The number of anilines is 1. The van der Waals surface area contributed by atoms with E-state index in [1.54, 1.807) is 13.1 Å². The van der Waals surface area contributed by atoms with Crippen molar-refractivity contribution < 1.29 is 9.18 Å². The summed E-state index contributed by atoms with van der Waals surface area (Å²) >= 11 is 0. The summed E-state index contributed by atoms with van der Waals surface area (Å²) < 4.78 is 13.1. The van der Waals surface area contributed by atoms with Crippen molar-refractivity contribution >= 4 is 11.6 Å². The van der Waals surface area contributed by atoms with E-state index < -0.39 is 5.41 Å². The molecule has 1 aromatic rings. The average molecular weight is 206 g/mol.